The summed E-state index contributed by atoms with van der Waals surface area (Å²) < 4.78 is 0. The van der Waals surface area contributed by atoms with E-state index >= 15 is 0 Å². The van der Waals surface area contributed by atoms with Crippen molar-refractivity contribution in [3.63, 3.8) is 0 Å². The summed E-state index contributed by atoms with van der Waals surface area (Å²) in [5.41, 5.74) is 8.43. The fourth-order valence-corrected chi connectivity index (χ4v) is 1.08. The van der Waals surface area contributed by atoms with Gasteiger partial charge >= 0.3 is 72.5 Å². The van der Waals surface area contributed by atoms with E-state index in [2.05, 4.69) is 11.5 Å². The Kier molecular flexibility index (Phi) is 2.05. The van der Waals surface area contributed by atoms with Gasteiger partial charge in [0.1, 0.15) is 0 Å². The molecule has 2 aliphatic rings. The summed E-state index contributed by atoms with van der Waals surface area (Å²) in [4.78, 5) is 0. The zero-order chi connectivity index (χ0) is 8.23. The van der Waals surface area contributed by atoms with Gasteiger partial charge in [0.15, 0.2) is 0 Å². The number of hydrogen-bond donors (Lipinski definition) is 0. The molecule has 2 heteroatoms. The van der Waals surface area contributed by atoms with Gasteiger partial charge in [0.05, 0.1) is 0 Å². The van der Waals surface area contributed by atoms with Gasteiger partial charge in [-0.15, -0.1) is 0 Å². The van der Waals surface area contributed by atoms with Gasteiger partial charge in [-0.25, -0.2) is 0 Å². The van der Waals surface area contributed by atoms with Crippen LogP contribution in [0.1, 0.15) is 0 Å². The van der Waals surface area contributed by atoms with E-state index in [0.717, 1.165) is 10.9 Å². The Labute approximate surface area is 73.1 Å². The van der Waals surface area contributed by atoms with Crippen LogP contribution in [0.15, 0.2) is 58.9 Å². The van der Waals surface area contributed by atoms with Gasteiger partial charge in [0.2, 0.25) is 0 Å². The van der Waals surface area contributed by atoms with Crippen LogP contribution in [0.2, 0.25) is 0 Å². The number of rotatable bonds is 2. The van der Waals surface area contributed by atoms with Gasteiger partial charge < -0.3 is 0 Å². The van der Waals surface area contributed by atoms with Crippen LogP contribution in [0.3, 0.4) is 0 Å². The van der Waals surface area contributed by atoms with Crippen molar-refractivity contribution in [1.29, 1.82) is 0 Å². The van der Waals surface area contributed by atoms with Crippen molar-refractivity contribution < 1.29 is 0 Å². The average Bonchev–Trinajstić information content (AvgIpc) is 2.74. The predicted molar refractivity (Wildman–Crippen MR) is 53.0 cm³/mol. The van der Waals surface area contributed by atoms with Crippen molar-refractivity contribution >= 4 is 13.6 Å². The van der Waals surface area contributed by atoms with Crippen molar-refractivity contribution in [2.75, 3.05) is 0 Å². The summed E-state index contributed by atoms with van der Waals surface area (Å²) in [5, 5.41) is 0. The van der Waals surface area contributed by atoms with E-state index in [4.69, 9.17) is 0 Å². The minimum absolute atomic E-state index is 1.12. The molecule has 0 heterocycles. The topological polar surface area (TPSA) is 0 Å². The Morgan fingerprint density at radius 1 is 0.833 bits per heavy atom. The van der Waals surface area contributed by atoms with Crippen LogP contribution in [-0.2, 0) is 0 Å². The van der Waals surface area contributed by atoms with Gasteiger partial charge in [-0.05, 0) is 0 Å². The van der Waals surface area contributed by atoms with Crippen LogP contribution >= 0.6 is 0 Å². The minimum atomic E-state index is 1.12. The summed E-state index contributed by atoms with van der Waals surface area (Å²) in [5.74, 6) is 0. The molecule has 2 rings (SSSR count). The van der Waals surface area contributed by atoms with Gasteiger partial charge in [-0.1, -0.05) is 0 Å². The van der Waals surface area contributed by atoms with E-state index in [0.29, 0.717) is 0 Å². The van der Waals surface area contributed by atoms with E-state index in [1.165, 1.54) is 0 Å². The fourth-order valence-electron chi connectivity index (χ4n) is 1.08. The molecular weight excluding hydrogens is 142 g/mol. The number of allylic oxidation sites excluding steroid dienone is 6. The number of hydrogen-bond acceptors (Lipinski definition) is 0. The average molecular weight is 148 g/mol. The summed E-state index contributed by atoms with van der Waals surface area (Å²) in [6.45, 7) is 4.07. The maximum absolute atomic E-state index is 3.10. The third kappa shape index (κ3) is 1.62. The van der Waals surface area contributed by atoms with Crippen LogP contribution in [0.5, 0.6) is 0 Å². The van der Waals surface area contributed by atoms with E-state index in [1.807, 2.05) is 50.1 Å². The van der Waals surface area contributed by atoms with Crippen LogP contribution in [0, 0.1) is 0 Å². The van der Waals surface area contributed by atoms with Crippen LogP contribution in [0.4, 0.5) is 0 Å². The zero-order valence-electron chi connectivity index (χ0n) is 6.62. The molecule has 0 saturated carbocycles. The normalized spacial score (nSPS) is 16.7. The molecule has 52 valence electrons. The van der Waals surface area contributed by atoms with Crippen molar-refractivity contribution in [3.05, 3.63) is 58.9 Å². The predicted octanol–water partition coefficient (Wildman–Crippen LogP) is 1.53. The Morgan fingerprint density at radius 2 is 1.33 bits per heavy atom. The third-order valence-corrected chi connectivity index (χ3v) is 1.69. The Bertz CT molecular complexity index is 367. The third-order valence-electron chi connectivity index (χ3n) is 1.69. The first-order valence-corrected chi connectivity index (χ1v) is 3.90. The molecule has 0 unspecified atom stereocenters. The molecule has 2 aliphatic carbocycles. The van der Waals surface area contributed by atoms with Crippen molar-refractivity contribution in [2.24, 2.45) is 0 Å². The molecule has 12 heavy (non-hydrogen) atoms. The second-order valence-corrected chi connectivity index (χ2v) is 2.58. The molecule has 0 spiro atoms. The monoisotopic (exact) mass is 148 g/mol. The van der Waals surface area contributed by atoms with Crippen LogP contribution in [0.25, 0.3) is 0 Å². The zero-order valence-corrected chi connectivity index (χ0v) is 6.62. The summed E-state index contributed by atoms with van der Waals surface area (Å²) in [6, 6.07) is 0. The van der Waals surface area contributed by atoms with Crippen molar-refractivity contribution in [1.82, 2.24) is 0 Å². The molecule has 0 aliphatic heterocycles. The fraction of sp³-hybridized carbons (Fsp3) is 0. The van der Waals surface area contributed by atoms with Gasteiger partial charge in [-0.3, -0.25) is 0 Å². The molecule has 0 aromatic carbocycles. The molecule has 0 aromatic heterocycles. The first-order chi connectivity index (χ1) is 5.95. The molecule has 0 saturated heterocycles. The molecule has 0 fully saturated rings. The van der Waals surface area contributed by atoms with Crippen molar-refractivity contribution in [3.8, 4) is 0 Å². The Morgan fingerprint density at radius 3 is 1.67 bits per heavy atom. The van der Waals surface area contributed by atoms with E-state index in [1.54, 1.807) is 0 Å². The molecule has 0 atom stereocenters. The Hall–Kier alpha value is -1.35. The standard InChI is InChI=1S/C10H6B2/c1-2-6-9(5-1)11-12-10-7-3-4-8-10/h1-5,7H. The van der Waals surface area contributed by atoms with Gasteiger partial charge in [-0.2, -0.15) is 0 Å². The quantitative estimate of drug-likeness (QED) is 0.411. The van der Waals surface area contributed by atoms with Crippen LogP contribution < -0.4 is 0 Å². The molecule has 0 radical (unpaired) electrons. The summed E-state index contributed by atoms with van der Waals surface area (Å²) >= 11 is 0. The second-order valence-electron chi connectivity index (χ2n) is 2.58. The van der Waals surface area contributed by atoms with Gasteiger partial charge in [0, 0.05) is 0 Å². The van der Waals surface area contributed by atoms with E-state index in [9.17, 15) is 0 Å². The van der Waals surface area contributed by atoms with E-state index in [-0.39, 0.29) is 0 Å². The SMILES string of the molecule is B(=BC1=C=CC=C1)C1=C=CC=C1. The first kappa shape index (κ1) is 7.31. The maximum atomic E-state index is 3.10. The second kappa shape index (κ2) is 3.36. The van der Waals surface area contributed by atoms with E-state index < -0.39 is 0 Å². The molecule has 0 amide bonds. The van der Waals surface area contributed by atoms with Crippen LogP contribution in [-0.4, -0.2) is 13.6 Å². The van der Waals surface area contributed by atoms with Gasteiger partial charge in [0.25, 0.3) is 0 Å². The first-order valence-electron chi connectivity index (χ1n) is 3.90. The molecule has 0 aromatic rings. The molecule has 0 nitrogen and oxygen atoms in total. The van der Waals surface area contributed by atoms with Crippen molar-refractivity contribution in [2.45, 2.75) is 0 Å². The molecule has 0 N–H and O–H groups in total. The summed E-state index contributed by atoms with van der Waals surface area (Å²) in [6.07, 6.45) is 11.8. The molecular formula is C10H6B2. The Balaban J connectivity index is 2.13. The summed E-state index contributed by atoms with van der Waals surface area (Å²) in [7, 11) is 0. The molecule has 0 bridgehead atoms.